The summed E-state index contributed by atoms with van der Waals surface area (Å²) < 4.78 is 0. The lowest BCUT2D eigenvalue weighted by molar-refractivity contribution is -0.130. The van der Waals surface area contributed by atoms with Crippen LogP contribution in [0.3, 0.4) is 0 Å². The van der Waals surface area contributed by atoms with E-state index >= 15 is 0 Å². The van der Waals surface area contributed by atoms with E-state index in [0.717, 1.165) is 32.4 Å². The van der Waals surface area contributed by atoms with Gasteiger partial charge < -0.3 is 15.3 Å². The molecular weight excluding hydrogens is 180 g/mol. The number of nitrogens with one attached hydrogen (secondary N) is 1. The quantitative estimate of drug-likeness (QED) is 0.645. The number of amides is 1. The van der Waals surface area contributed by atoms with Crippen LogP contribution in [0.25, 0.3) is 0 Å². The lowest BCUT2D eigenvalue weighted by Gasteiger charge is -2.22. The smallest absolute Gasteiger partial charge is 0.239 e. The number of likely N-dealkylation sites (N-methyl/N-ethyl adjacent to an activating group) is 1. The Labute approximate surface area is 84.3 Å². The first-order valence-corrected chi connectivity index (χ1v) is 5.28. The fourth-order valence-electron chi connectivity index (χ4n) is 2.11. The van der Waals surface area contributed by atoms with Crippen LogP contribution in [0.4, 0.5) is 0 Å². The predicted octanol–water partition coefficient (Wildman–Crippen LogP) is -0.421. The lowest BCUT2D eigenvalue weighted by Crippen LogP contribution is -2.39. The van der Waals surface area contributed by atoms with Crippen molar-refractivity contribution in [2.75, 3.05) is 26.7 Å². The Morgan fingerprint density at radius 2 is 2.36 bits per heavy atom. The van der Waals surface area contributed by atoms with Gasteiger partial charge in [-0.05, 0) is 26.3 Å². The number of hydrogen-bond acceptors (Lipinski definition) is 3. The van der Waals surface area contributed by atoms with Crippen molar-refractivity contribution in [1.82, 2.24) is 10.2 Å². The Kier molecular flexibility index (Phi) is 2.49. The maximum absolute atomic E-state index is 11.7. The number of nitrogens with zero attached hydrogens (tertiary/aromatic N) is 1. The van der Waals surface area contributed by atoms with Crippen molar-refractivity contribution < 1.29 is 9.90 Å². The minimum atomic E-state index is 0.00416. The number of carbonyl (C=O) groups excluding carboxylic acids is 1. The second-order valence-corrected chi connectivity index (χ2v) is 4.55. The van der Waals surface area contributed by atoms with Gasteiger partial charge in [0.15, 0.2) is 0 Å². The highest BCUT2D eigenvalue weighted by Crippen LogP contribution is 2.46. The highest BCUT2D eigenvalue weighted by atomic mass is 16.3. The number of hydrogen-bond donors (Lipinski definition) is 2. The van der Waals surface area contributed by atoms with E-state index in [9.17, 15) is 9.90 Å². The highest BCUT2D eigenvalue weighted by molar-refractivity contribution is 5.84. The van der Waals surface area contributed by atoms with Gasteiger partial charge in [0, 0.05) is 18.5 Å². The maximum Gasteiger partial charge on any atom is 0.239 e. The van der Waals surface area contributed by atoms with Crippen LogP contribution < -0.4 is 5.32 Å². The normalized spacial score (nSPS) is 29.7. The van der Waals surface area contributed by atoms with Crippen LogP contribution in [-0.4, -0.2) is 48.7 Å². The van der Waals surface area contributed by atoms with Gasteiger partial charge in [0.05, 0.1) is 12.6 Å². The Morgan fingerprint density at radius 1 is 1.64 bits per heavy atom. The van der Waals surface area contributed by atoms with E-state index in [0.29, 0.717) is 0 Å². The first-order chi connectivity index (χ1) is 6.71. The molecule has 1 atom stereocenters. The molecule has 1 saturated heterocycles. The van der Waals surface area contributed by atoms with Crippen molar-refractivity contribution in [2.24, 2.45) is 5.41 Å². The number of aliphatic hydroxyl groups is 1. The van der Waals surface area contributed by atoms with Crippen molar-refractivity contribution in [3.05, 3.63) is 0 Å². The molecule has 1 amide bonds. The summed E-state index contributed by atoms with van der Waals surface area (Å²) in [5.74, 6) is 0.201. The Bertz CT molecular complexity index is 238. The third-order valence-corrected chi connectivity index (χ3v) is 3.46. The zero-order valence-corrected chi connectivity index (χ0v) is 8.62. The molecular formula is C10H18N2O2. The van der Waals surface area contributed by atoms with Crippen LogP contribution in [0.5, 0.6) is 0 Å². The van der Waals surface area contributed by atoms with E-state index < -0.39 is 0 Å². The summed E-state index contributed by atoms with van der Waals surface area (Å²) in [5.41, 5.74) is 0.0539. The van der Waals surface area contributed by atoms with Gasteiger partial charge in [-0.2, -0.15) is 0 Å². The Balaban J connectivity index is 1.91. The molecule has 2 rings (SSSR count). The summed E-state index contributed by atoms with van der Waals surface area (Å²) in [6, 6.07) is 0.00416. The average Bonchev–Trinajstić information content (AvgIpc) is 2.89. The monoisotopic (exact) mass is 198 g/mol. The van der Waals surface area contributed by atoms with Crippen molar-refractivity contribution in [2.45, 2.75) is 25.3 Å². The maximum atomic E-state index is 11.7. The fraction of sp³-hybridized carbons (Fsp3) is 0.900. The molecule has 2 fully saturated rings. The van der Waals surface area contributed by atoms with E-state index in [4.69, 9.17) is 0 Å². The molecule has 1 aliphatic heterocycles. The fourth-order valence-corrected chi connectivity index (χ4v) is 2.11. The lowest BCUT2D eigenvalue weighted by atomic mass is 10.1. The third-order valence-electron chi connectivity index (χ3n) is 3.46. The summed E-state index contributed by atoms with van der Waals surface area (Å²) in [7, 11) is 1.82. The molecule has 14 heavy (non-hydrogen) atoms. The van der Waals surface area contributed by atoms with Crippen LogP contribution in [0.2, 0.25) is 0 Å². The molecule has 4 nitrogen and oxygen atoms in total. The topological polar surface area (TPSA) is 52.6 Å². The summed E-state index contributed by atoms with van der Waals surface area (Å²) in [5, 5.41) is 12.2. The van der Waals surface area contributed by atoms with Gasteiger partial charge in [0.2, 0.25) is 5.91 Å². The van der Waals surface area contributed by atoms with E-state index in [1.54, 1.807) is 0 Å². The molecule has 0 spiro atoms. The molecule has 1 saturated carbocycles. The highest BCUT2D eigenvalue weighted by Gasteiger charge is 2.45. The van der Waals surface area contributed by atoms with Crippen molar-refractivity contribution in [1.29, 1.82) is 0 Å². The SMILES string of the molecule is CNC1CCN(CC2(CO)CC2)C1=O. The summed E-state index contributed by atoms with van der Waals surface area (Å²) in [6.45, 7) is 1.81. The average molecular weight is 198 g/mol. The second kappa shape index (κ2) is 3.51. The third kappa shape index (κ3) is 1.64. The molecule has 0 aromatic heterocycles. The van der Waals surface area contributed by atoms with E-state index in [1.165, 1.54) is 0 Å². The van der Waals surface area contributed by atoms with E-state index in [2.05, 4.69) is 5.32 Å². The molecule has 2 aliphatic rings. The zero-order valence-electron chi connectivity index (χ0n) is 8.62. The minimum Gasteiger partial charge on any atom is -0.396 e. The van der Waals surface area contributed by atoms with Crippen molar-refractivity contribution in [3.63, 3.8) is 0 Å². The summed E-state index contributed by atoms with van der Waals surface area (Å²) >= 11 is 0. The van der Waals surface area contributed by atoms with Gasteiger partial charge in [-0.25, -0.2) is 0 Å². The molecule has 0 aromatic rings. The molecule has 0 aromatic carbocycles. The van der Waals surface area contributed by atoms with Gasteiger partial charge in [0.1, 0.15) is 0 Å². The largest absolute Gasteiger partial charge is 0.396 e. The number of aliphatic hydroxyl groups excluding tert-OH is 1. The van der Waals surface area contributed by atoms with Crippen LogP contribution in [0.1, 0.15) is 19.3 Å². The van der Waals surface area contributed by atoms with Crippen LogP contribution in [0, 0.1) is 5.41 Å². The molecule has 4 heteroatoms. The van der Waals surface area contributed by atoms with Gasteiger partial charge in [-0.1, -0.05) is 0 Å². The predicted molar refractivity (Wildman–Crippen MR) is 52.8 cm³/mol. The molecule has 1 heterocycles. The van der Waals surface area contributed by atoms with Gasteiger partial charge in [0.25, 0.3) is 0 Å². The van der Waals surface area contributed by atoms with Crippen molar-refractivity contribution >= 4 is 5.91 Å². The second-order valence-electron chi connectivity index (χ2n) is 4.55. The summed E-state index contributed by atoms with van der Waals surface area (Å²) in [6.07, 6.45) is 3.03. The zero-order chi connectivity index (χ0) is 10.2. The Hall–Kier alpha value is -0.610. The summed E-state index contributed by atoms with van der Waals surface area (Å²) in [4.78, 5) is 13.6. The van der Waals surface area contributed by atoms with Crippen LogP contribution in [-0.2, 0) is 4.79 Å². The molecule has 0 bridgehead atoms. The van der Waals surface area contributed by atoms with Gasteiger partial charge in [-0.3, -0.25) is 4.79 Å². The first-order valence-electron chi connectivity index (χ1n) is 5.28. The van der Waals surface area contributed by atoms with Crippen LogP contribution in [0.15, 0.2) is 0 Å². The number of rotatable bonds is 4. The minimum absolute atomic E-state index is 0.00416. The number of likely N-dealkylation sites (tertiary alicyclic amines) is 1. The molecule has 0 radical (unpaired) electrons. The van der Waals surface area contributed by atoms with Gasteiger partial charge in [-0.15, -0.1) is 0 Å². The number of carbonyl (C=O) groups is 1. The molecule has 1 aliphatic carbocycles. The standard InChI is InChI=1S/C10H18N2O2/c1-11-8-2-5-12(9(8)14)6-10(7-13)3-4-10/h8,11,13H,2-7H2,1H3. The van der Waals surface area contributed by atoms with E-state index in [1.807, 2.05) is 11.9 Å². The first kappa shape index (κ1) is 9.93. The van der Waals surface area contributed by atoms with Crippen LogP contribution >= 0.6 is 0 Å². The van der Waals surface area contributed by atoms with Crippen molar-refractivity contribution in [3.8, 4) is 0 Å². The van der Waals surface area contributed by atoms with E-state index in [-0.39, 0.29) is 24.0 Å². The molecule has 80 valence electrons. The molecule has 2 N–H and O–H groups in total. The molecule has 1 unspecified atom stereocenters. The van der Waals surface area contributed by atoms with Gasteiger partial charge >= 0.3 is 0 Å². The Morgan fingerprint density at radius 3 is 2.79 bits per heavy atom.